The smallest absolute Gasteiger partial charge is 0.265 e. The van der Waals surface area contributed by atoms with Gasteiger partial charge in [-0.1, -0.05) is 49.3 Å². The SMILES string of the molecule is Cc1cc(C)n(Cc2cccc(/C(N)=N\OCC(=O)Nc3ccc(C(C)C)cc3)c2)n1. The van der Waals surface area contributed by atoms with Gasteiger partial charge in [0.05, 0.1) is 12.2 Å². The minimum absolute atomic E-state index is 0.212. The number of nitrogens with zero attached hydrogens (tertiary/aromatic N) is 3. The van der Waals surface area contributed by atoms with Gasteiger partial charge in [0.25, 0.3) is 5.91 Å². The molecule has 0 aliphatic carbocycles. The molecular formula is C24H29N5O2. The zero-order chi connectivity index (χ0) is 22.4. The van der Waals surface area contributed by atoms with Crippen LogP contribution >= 0.6 is 0 Å². The van der Waals surface area contributed by atoms with Crippen LogP contribution in [0.2, 0.25) is 0 Å². The highest BCUT2D eigenvalue weighted by molar-refractivity contribution is 5.97. The molecule has 162 valence electrons. The van der Waals surface area contributed by atoms with E-state index in [0.717, 1.165) is 22.5 Å². The van der Waals surface area contributed by atoms with Gasteiger partial charge in [-0.25, -0.2) is 0 Å². The molecule has 1 heterocycles. The van der Waals surface area contributed by atoms with E-state index in [1.165, 1.54) is 5.56 Å². The number of hydrogen-bond donors (Lipinski definition) is 2. The minimum Gasteiger partial charge on any atom is -0.384 e. The van der Waals surface area contributed by atoms with Gasteiger partial charge in [0.2, 0.25) is 0 Å². The van der Waals surface area contributed by atoms with Crippen LogP contribution in [0.1, 0.15) is 47.8 Å². The van der Waals surface area contributed by atoms with Crippen LogP contribution in [0, 0.1) is 13.8 Å². The number of amides is 1. The zero-order valence-corrected chi connectivity index (χ0v) is 18.4. The van der Waals surface area contributed by atoms with Crippen LogP contribution < -0.4 is 11.1 Å². The van der Waals surface area contributed by atoms with Crippen molar-refractivity contribution >= 4 is 17.4 Å². The first-order chi connectivity index (χ1) is 14.8. The van der Waals surface area contributed by atoms with Crippen molar-refractivity contribution in [1.82, 2.24) is 9.78 Å². The van der Waals surface area contributed by atoms with E-state index in [1.54, 1.807) is 0 Å². The number of benzene rings is 2. The van der Waals surface area contributed by atoms with Crippen LogP contribution in [-0.4, -0.2) is 28.1 Å². The van der Waals surface area contributed by atoms with E-state index in [4.69, 9.17) is 10.6 Å². The predicted octanol–water partition coefficient (Wildman–Crippen LogP) is 3.95. The Morgan fingerprint density at radius 1 is 1.16 bits per heavy atom. The van der Waals surface area contributed by atoms with Gasteiger partial charge in [-0.2, -0.15) is 5.10 Å². The van der Waals surface area contributed by atoms with Gasteiger partial charge in [-0.15, -0.1) is 0 Å². The molecule has 3 rings (SSSR count). The number of rotatable bonds is 8. The third-order valence-electron chi connectivity index (χ3n) is 4.88. The number of nitrogens with one attached hydrogen (secondary N) is 1. The number of carbonyl (C=O) groups is 1. The van der Waals surface area contributed by atoms with E-state index in [-0.39, 0.29) is 18.3 Å². The highest BCUT2D eigenvalue weighted by atomic mass is 16.6. The summed E-state index contributed by atoms with van der Waals surface area (Å²) in [6.07, 6.45) is 0. The molecule has 1 aromatic heterocycles. The molecule has 31 heavy (non-hydrogen) atoms. The summed E-state index contributed by atoms with van der Waals surface area (Å²) in [5, 5.41) is 11.2. The summed E-state index contributed by atoms with van der Waals surface area (Å²) < 4.78 is 1.94. The standard InChI is InChI=1S/C24H29N5O2/c1-16(2)20-8-10-22(11-9-20)26-23(30)15-31-28-24(25)21-7-5-6-19(13-21)14-29-18(4)12-17(3)27-29/h5-13,16H,14-15H2,1-4H3,(H2,25,28)(H,26,30). The topological polar surface area (TPSA) is 94.5 Å². The Hall–Kier alpha value is -3.61. The van der Waals surface area contributed by atoms with E-state index in [0.29, 0.717) is 18.2 Å². The largest absolute Gasteiger partial charge is 0.384 e. The molecule has 3 aromatic rings. The van der Waals surface area contributed by atoms with Crippen molar-refractivity contribution in [3.05, 3.63) is 82.7 Å². The second-order valence-corrected chi connectivity index (χ2v) is 7.86. The first-order valence-corrected chi connectivity index (χ1v) is 10.3. The monoisotopic (exact) mass is 419 g/mol. The Morgan fingerprint density at radius 2 is 1.90 bits per heavy atom. The second kappa shape index (κ2) is 9.93. The lowest BCUT2D eigenvalue weighted by molar-refractivity contribution is -0.120. The summed E-state index contributed by atoms with van der Waals surface area (Å²) in [7, 11) is 0. The van der Waals surface area contributed by atoms with Gasteiger partial charge >= 0.3 is 0 Å². The van der Waals surface area contributed by atoms with E-state index in [1.807, 2.05) is 73.1 Å². The molecule has 0 radical (unpaired) electrons. The number of oxime groups is 1. The van der Waals surface area contributed by atoms with Gasteiger partial charge in [-0.05, 0) is 55.2 Å². The van der Waals surface area contributed by atoms with E-state index < -0.39 is 0 Å². The Labute approximate surface area is 182 Å². The second-order valence-electron chi connectivity index (χ2n) is 7.86. The summed E-state index contributed by atoms with van der Waals surface area (Å²) in [4.78, 5) is 17.2. The summed E-state index contributed by atoms with van der Waals surface area (Å²) in [5.74, 6) is 0.355. The number of carbonyl (C=O) groups excluding carboxylic acids is 1. The van der Waals surface area contributed by atoms with Crippen LogP contribution in [0.25, 0.3) is 0 Å². The molecule has 0 fully saturated rings. The lowest BCUT2D eigenvalue weighted by Crippen LogP contribution is -2.19. The van der Waals surface area contributed by atoms with Gasteiger partial charge in [0, 0.05) is 16.9 Å². The van der Waals surface area contributed by atoms with Crippen molar-refractivity contribution < 1.29 is 9.63 Å². The highest BCUT2D eigenvalue weighted by Crippen LogP contribution is 2.17. The fourth-order valence-corrected chi connectivity index (χ4v) is 3.20. The molecule has 0 aliphatic rings. The molecule has 0 saturated heterocycles. The van der Waals surface area contributed by atoms with Crippen molar-refractivity contribution in [3.63, 3.8) is 0 Å². The van der Waals surface area contributed by atoms with Crippen LogP contribution in [0.15, 0.2) is 59.8 Å². The first-order valence-electron chi connectivity index (χ1n) is 10.3. The lowest BCUT2D eigenvalue weighted by atomic mass is 10.0. The normalized spacial score (nSPS) is 11.6. The number of anilines is 1. The molecule has 7 heteroatoms. The molecule has 0 saturated carbocycles. The Kier molecular flexibility index (Phi) is 7.07. The Balaban J connectivity index is 1.55. The molecule has 3 N–H and O–H groups in total. The van der Waals surface area contributed by atoms with E-state index in [2.05, 4.69) is 29.4 Å². The summed E-state index contributed by atoms with van der Waals surface area (Å²) in [6.45, 7) is 8.66. The number of nitrogens with two attached hydrogens (primary N) is 1. The summed E-state index contributed by atoms with van der Waals surface area (Å²) >= 11 is 0. The minimum atomic E-state index is -0.299. The van der Waals surface area contributed by atoms with Crippen LogP contribution in [0.5, 0.6) is 0 Å². The molecule has 1 amide bonds. The summed E-state index contributed by atoms with van der Waals surface area (Å²) in [6, 6.07) is 17.5. The van der Waals surface area contributed by atoms with Crippen molar-refractivity contribution in [1.29, 1.82) is 0 Å². The summed E-state index contributed by atoms with van der Waals surface area (Å²) in [5.41, 5.74) is 11.8. The third-order valence-corrected chi connectivity index (χ3v) is 4.88. The van der Waals surface area contributed by atoms with Crippen LogP contribution in [-0.2, 0) is 16.2 Å². The highest BCUT2D eigenvalue weighted by Gasteiger charge is 2.07. The maximum absolute atomic E-state index is 12.1. The molecular weight excluding hydrogens is 390 g/mol. The molecule has 7 nitrogen and oxygen atoms in total. The van der Waals surface area contributed by atoms with Crippen molar-refractivity contribution in [2.24, 2.45) is 10.9 Å². The maximum atomic E-state index is 12.1. The number of aromatic nitrogens is 2. The average Bonchev–Trinajstić information content (AvgIpc) is 3.05. The van der Waals surface area contributed by atoms with E-state index >= 15 is 0 Å². The zero-order valence-electron chi connectivity index (χ0n) is 18.4. The third kappa shape index (κ3) is 6.18. The fraction of sp³-hybridized carbons (Fsp3) is 0.292. The predicted molar refractivity (Wildman–Crippen MR) is 123 cm³/mol. The lowest BCUT2D eigenvalue weighted by Gasteiger charge is -2.09. The number of hydrogen-bond acceptors (Lipinski definition) is 4. The van der Waals surface area contributed by atoms with Gasteiger partial charge in [0.1, 0.15) is 0 Å². The van der Waals surface area contributed by atoms with Crippen molar-refractivity contribution in [2.45, 2.75) is 40.2 Å². The van der Waals surface area contributed by atoms with Crippen molar-refractivity contribution in [2.75, 3.05) is 11.9 Å². The van der Waals surface area contributed by atoms with Gasteiger partial charge < -0.3 is 15.9 Å². The molecule has 0 unspecified atom stereocenters. The van der Waals surface area contributed by atoms with Gasteiger partial charge in [0.15, 0.2) is 12.4 Å². The number of aryl methyl sites for hydroxylation is 2. The first kappa shape index (κ1) is 22.1. The quantitative estimate of drug-likeness (QED) is 0.328. The van der Waals surface area contributed by atoms with Gasteiger partial charge in [-0.3, -0.25) is 9.48 Å². The van der Waals surface area contributed by atoms with Crippen LogP contribution in [0.4, 0.5) is 5.69 Å². The molecule has 0 aliphatic heterocycles. The van der Waals surface area contributed by atoms with Crippen molar-refractivity contribution in [3.8, 4) is 0 Å². The number of amidine groups is 1. The fourth-order valence-electron chi connectivity index (χ4n) is 3.20. The van der Waals surface area contributed by atoms with Crippen LogP contribution in [0.3, 0.4) is 0 Å². The Bertz CT molecular complexity index is 1070. The molecule has 0 spiro atoms. The Morgan fingerprint density at radius 3 is 2.55 bits per heavy atom. The van der Waals surface area contributed by atoms with E-state index in [9.17, 15) is 4.79 Å². The molecule has 0 atom stereocenters. The maximum Gasteiger partial charge on any atom is 0.265 e. The molecule has 0 bridgehead atoms. The molecule has 2 aromatic carbocycles. The average molecular weight is 420 g/mol.